The van der Waals surface area contributed by atoms with E-state index >= 15 is 0 Å². The molecule has 1 N–H and O–H groups in total. The number of carbonyl (C=O) groups is 1. The molecule has 3 heterocycles. The van der Waals surface area contributed by atoms with E-state index in [-0.39, 0.29) is 5.91 Å². The number of benzene rings is 1. The molecule has 164 valence electrons. The van der Waals surface area contributed by atoms with Gasteiger partial charge in [-0.15, -0.1) is 11.3 Å². The van der Waals surface area contributed by atoms with E-state index in [1.54, 1.807) is 18.4 Å². The normalized spacial score (nSPS) is 16.6. The minimum atomic E-state index is -0.00988. The van der Waals surface area contributed by atoms with Crippen molar-refractivity contribution in [1.29, 1.82) is 0 Å². The molecule has 0 saturated carbocycles. The molecule has 1 atom stereocenters. The average molecular weight is 439 g/mol. The first-order chi connectivity index (χ1) is 15.1. The Bertz CT molecular complexity index is 1040. The monoisotopic (exact) mass is 438 g/mol. The van der Waals surface area contributed by atoms with Crippen molar-refractivity contribution in [2.75, 3.05) is 31.7 Å². The second kappa shape index (κ2) is 9.75. The van der Waals surface area contributed by atoms with Crippen LogP contribution in [0.5, 0.6) is 0 Å². The van der Waals surface area contributed by atoms with Gasteiger partial charge in [0.1, 0.15) is 11.6 Å². The highest BCUT2D eigenvalue weighted by Crippen LogP contribution is 2.35. The first-order valence-electron chi connectivity index (χ1n) is 10.9. The predicted molar refractivity (Wildman–Crippen MR) is 126 cm³/mol. The van der Waals surface area contributed by atoms with Crippen molar-refractivity contribution in [3.05, 3.63) is 52.3 Å². The third kappa shape index (κ3) is 4.88. The molecule has 7 heteroatoms. The van der Waals surface area contributed by atoms with Crippen molar-refractivity contribution < 1.29 is 9.53 Å². The second-order valence-electron chi connectivity index (χ2n) is 8.12. The van der Waals surface area contributed by atoms with Crippen molar-refractivity contribution in [3.8, 4) is 0 Å². The van der Waals surface area contributed by atoms with Crippen LogP contribution in [0.3, 0.4) is 0 Å². The van der Waals surface area contributed by atoms with E-state index in [1.165, 1.54) is 11.8 Å². The summed E-state index contributed by atoms with van der Waals surface area (Å²) in [4.78, 5) is 25.4. The van der Waals surface area contributed by atoms with Gasteiger partial charge < -0.3 is 15.0 Å². The van der Waals surface area contributed by atoms with Crippen molar-refractivity contribution in [1.82, 2.24) is 15.3 Å². The minimum Gasteiger partial charge on any atom is -0.383 e. The average Bonchev–Trinajstić information content (AvgIpc) is 3.12. The first-order valence-corrected chi connectivity index (χ1v) is 11.7. The number of rotatable bonds is 7. The van der Waals surface area contributed by atoms with Gasteiger partial charge in [-0.3, -0.25) is 4.79 Å². The maximum Gasteiger partial charge on any atom is 0.261 e. The van der Waals surface area contributed by atoms with Gasteiger partial charge in [0.15, 0.2) is 0 Å². The predicted octanol–water partition coefficient (Wildman–Crippen LogP) is 4.29. The molecule has 3 aromatic rings. The quantitative estimate of drug-likeness (QED) is 0.558. The van der Waals surface area contributed by atoms with Crippen LogP contribution >= 0.6 is 11.3 Å². The summed E-state index contributed by atoms with van der Waals surface area (Å²) in [5, 5.41) is 4.19. The van der Waals surface area contributed by atoms with Gasteiger partial charge >= 0.3 is 0 Å². The van der Waals surface area contributed by atoms with E-state index in [9.17, 15) is 4.79 Å². The number of ether oxygens (including phenoxy) is 1. The Balaban J connectivity index is 1.67. The highest BCUT2D eigenvalue weighted by Gasteiger charge is 2.28. The Morgan fingerprint density at radius 3 is 2.90 bits per heavy atom. The largest absolute Gasteiger partial charge is 0.383 e. The van der Waals surface area contributed by atoms with Gasteiger partial charge in [-0.1, -0.05) is 18.2 Å². The van der Waals surface area contributed by atoms with Gasteiger partial charge in [0, 0.05) is 42.7 Å². The molecule has 1 amide bonds. The summed E-state index contributed by atoms with van der Waals surface area (Å²) in [6.45, 7) is 5.97. The summed E-state index contributed by atoms with van der Waals surface area (Å²) in [6, 6.07) is 10.7. The fourth-order valence-corrected chi connectivity index (χ4v) is 5.58. The Kier molecular flexibility index (Phi) is 6.83. The van der Waals surface area contributed by atoms with Crippen molar-refractivity contribution in [2.45, 2.75) is 45.6 Å². The number of nitrogens with zero attached hydrogens (tertiary/aromatic N) is 3. The van der Waals surface area contributed by atoms with Crippen LogP contribution in [0.2, 0.25) is 0 Å². The summed E-state index contributed by atoms with van der Waals surface area (Å²) < 4.78 is 6.25. The molecule has 1 aromatic carbocycles. The molecule has 0 radical (unpaired) electrons. The fourth-order valence-electron chi connectivity index (χ4n) is 4.43. The van der Waals surface area contributed by atoms with E-state index in [0.29, 0.717) is 19.2 Å². The summed E-state index contributed by atoms with van der Waals surface area (Å²) in [6.07, 6.45) is 4.28. The summed E-state index contributed by atoms with van der Waals surface area (Å²) in [7, 11) is 1.64. The molecule has 1 unspecified atom stereocenters. The molecule has 2 aromatic heterocycles. The highest BCUT2D eigenvalue weighted by molar-refractivity contribution is 7.21. The molecule has 4 rings (SSSR count). The van der Waals surface area contributed by atoms with Gasteiger partial charge in [-0.25, -0.2) is 9.97 Å². The van der Waals surface area contributed by atoms with E-state index in [2.05, 4.69) is 39.5 Å². The molecule has 1 fully saturated rings. The van der Waals surface area contributed by atoms with Crippen LogP contribution in [-0.4, -0.2) is 48.7 Å². The molecule has 0 bridgehead atoms. The lowest BCUT2D eigenvalue weighted by Gasteiger charge is -2.37. The number of aryl methyl sites for hydroxylation is 2. The van der Waals surface area contributed by atoms with Gasteiger partial charge in [0.25, 0.3) is 5.91 Å². The molecule has 31 heavy (non-hydrogen) atoms. The lowest BCUT2D eigenvalue weighted by molar-refractivity contribution is 0.0940. The number of piperidine rings is 1. The number of anilines is 1. The zero-order valence-corrected chi connectivity index (χ0v) is 19.3. The van der Waals surface area contributed by atoms with Gasteiger partial charge in [0.05, 0.1) is 11.5 Å². The zero-order chi connectivity index (χ0) is 21.8. The SMILES string of the molecule is COCCNC(=O)c1sc2ccccc2c1CC1CCCCN1c1cc(C)nc(C)n1. The van der Waals surface area contributed by atoms with Gasteiger partial charge in [-0.05, 0) is 56.5 Å². The Morgan fingerprint density at radius 1 is 1.26 bits per heavy atom. The first kappa shape index (κ1) is 21.7. The Hall–Kier alpha value is -2.51. The maximum absolute atomic E-state index is 13.0. The Morgan fingerprint density at radius 2 is 2.10 bits per heavy atom. The van der Waals surface area contributed by atoms with E-state index < -0.39 is 0 Å². The number of aromatic nitrogens is 2. The van der Waals surface area contributed by atoms with Crippen LogP contribution in [0.15, 0.2) is 30.3 Å². The Labute approximate surface area is 187 Å². The van der Waals surface area contributed by atoms with Crippen LogP contribution in [0.1, 0.15) is 46.0 Å². The van der Waals surface area contributed by atoms with E-state index in [0.717, 1.165) is 58.3 Å². The van der Waals surface area contributed by atoms with Gasteiger partial charge in [0.2, 0.25) is 0 Å². The summed E-state index contributed by atoms with van der Waals surface area (Å²) >= 11 is 1.58. The molecule has 6 nitrogen and oxygen atoms in total. The third-order valence-electron chi connectivity index (χ3n) is 5.81. The van der Waals surface area contributed by atoms with Crippen molar-refractivity contribution in [3.63, 3.8) is 0 Å². The van der Waals surface area contributed by atoms with Crippen LogP contribution in [0.4, 0.5) is 5.82 Å². The van der Waals surface area contributed by atoms with Crippen molar-refractivity contribution >= 4 is 33.1 Å². The van der Waals surface area contributed by atoms with Crippen LogP contribution in [0, 0.1) is 13.8 Å². The third-order valence-corrected chi connectivity index (χ3v) is 7.02. The highest BCUT2D eigenvalue weighted by atomic mass is 32.1. The number of carbonyl (C=O) groups excluding carboxylic acids is 1. The van der Waals surface area contributed by atoms with Crippen LogP contribution in [0.25, 0.3) is 10.1 Å². The zero-order valence-electron chi connectivity index (χ0n) is 18.5. The number of methoxy groups -OCH3 is 1. The molecule has 1 aliphatic rings. The van der Waals surface area contributed by atoms with Crippen molar-refractivity contribution in [2.24, 2.45) is 0 Å². The minimum absolute atomic E-state index is 0.00988. The number of hydrogen-bond donors (Lipinski definition) is 1. The molecule has 1 aliphatic heterocycles. The molecule has 0 aliphatic carbocycles. The molecule has 1 saturated heterocycles. The fraction of sp³-hybridized carbons (Fsp3) is 0.458. The lowest BCUT2D eigenvalue weighted by Crippen LogP contribution is -2.42. The number of thiophene rings is 1. The lowest BCUT2D eigenvalue weighted by atomic mass is 9.94. The number of fused-ring (bicyclic) bond motifs is 1. The van der Waals surface area contributed by atoms with Crippen LogP contribution in [-0.2, 0) is 11.2 Å². The molecular formula is C24H30N4O2S. The van der Waals surface area contributed by atoms with E-state index in [1.807, 2.05) is 19.9 Å². The van der Waals surface area contributed by atoms with Crippen LogP contribution < -0.4 is 10.2 Å². The molecular weight excluding hydrogens is 408 g/mol. The standard InChI is InChI=1S/C24H30N4O2S/c1-16-14-22(27-17(2)26-16)28-12-7-6-8-18(28)15-20-19-9-4-5-10-21(19)31-23(20)24(29)25-11-13-30-3/h4-5,9-10,14,18H,6-8,11-13,15H2,1-3H3,(H,25,29). The van der Waals surface area contributed by atoms with Gasteiger partial charge in [-0.2, -0.15) is 0 Å². The topological polar surface area (TPSA) is 67.3 Å². The molecule has 0 spiro atoms. The number of amides is 1. The summed E-state index contributed by atoms with van der Waals surface area (Å²) in [5.74, 6) is 1.79. The smallest absolute Gasteiger partial charge is 0.261 e. The number of hydrogen-bond acceptors (Lipinski definition) is 6. The summed E-state index contributed by atoms with van der Waals surface area (Å²) in [5.41, 5.74) is 2.14. The second-order valence-corrected chi connectivity index (χ2v) is 9.17. The maximum atomic E-state index is 13.0. The van der Waals surface area contributed by atoms with E-state index in [4.69, 9.17) is 9.72 Å². The number of nitrogens with one attached hydrogen (secondary N) is 1.